The fourth-order valence-electron chi connectivity index (χ4n) is 1.36. The SMILES string of the molecule is CN1C=CN(CN2C=CN(C)[CH-]2)[CH-]1.[CH3-].[CH3-].[Ir]. The van der Waals surface area contributed by atoms with Gasteiger partial charge in [-0.1, -0.05) is 0 Å². The third-order valence-corrected chi connectivity index (χ3v) is 1.97. The van der Waals surface area contributed by atoms with Crippen LogP contribution in [0.1, 0.15) is 0 Å². The van der Waals surface area contributed by atoms with Gasteiger partial charge in [-0.3, -0.25) is 0 Å². The Kier molecular flexibility index (Phi) is 8.39. The summed E-state index contributed by atoms with van der Waals surface area (Å²) in [5.74, 6) is 0. The van der Waals surface area contributed by atoms with Gasteiger partial charge in [-0.05, 0) is 38.9 Å². The van der Waals surface area contributed by atoms with Crippen molar-refractivity contribution in [1.82, 2.24) is 19.6 Å². The summed E-state index contributed by atoms with van der Waals surface area (Å²) in [5, 5.41) is 0. The van der Waals surface area contributed by atoms with Gasteiger partial charge in [0.25, 0.3) is 0 Å². The summed E-state index contributed by atoms with van der Waals surface area (Å²) in [5.41, 5.74) is 0. The summed E-state index contributed by atoms with van der Waals surface area (Å²) in [6.45, 7) is 4.97. The number of nitrogens with zero attached hydrogens (tertiary/aromatic N) is 4. The molecular weight excluding hydrogens is 380 g/mol. The standard InChI is InChI=1S/C9H14N4.2CH3.Ir/c1-10-3-5-12(7-10)9-13-6-4-11(2)8-13;;;/h3-8H,9H2,1-2H3;2*1H3;/q-2;2*-1;. The molecule has 2 aliphatic heterocycles. The van der Waals surface area contributed by atoms with Crippen molar-refractivity contribution in [1.29, 1.82) is 0 Å². The van der Waals surface area contributed by atoms with Crippen LogP contribution in [-0.2, 0) is 20.1 Å². The monoisotopic (exact) mass is 401 g/mol. The Balaban J connectivity index is 0. The van der Waals surface area contributed by atoms with Gasteiger partial charge in [0.2, 0.25) is 0 Å². The maximum absolute atomic E-state index is 2.12. The quantitative estimate of drug-likeness (QED) is 0.652. The number of hydrogen-bond donors (Lipinski definition) is 0. The van der Waals surface area contributed by atoms with E-state index in [9.17, 15) is 0 Å². The molecule has 0 amide bonds. The third-order valence-electron chi connectivity index (χ3n) is 1.97. The van der Waals surface area contributed by atoms with E-state index in [0.717, 1.165) is 6.67 Å². The van der Waals surface area contributed by atoms with Crippen molar-refractivity contribution in [3.8, 4) is 0 Å². The van der Waals surface area contributed by atoms with Gasteiger partial charge in [0.05, 0.1) is 0 Å². The average Bonchev–Trinajstić information content (AvgIpc) is 2.62. The first-order chi connectivity index (χ1) is 6.24. The topological polar surface area (TPSA) is 13.0 Å². The van der Waals surface area contributed by atoms with Crippen molar-refractivity contribution >= 4 is 0 Å². The molecule has 2 aliphatic rings. The molecule has 16 heavy (non-hydrogen) atoms. The second kappa shape index (κ2) is 7.58. The maximum Gasteiger partial charge on any atom is 0.0364 e. The summed E-state index contributed by atoms with van der Waals surface area (Å²) >= 11 is 0. The predicted octanol–water partition coefficient (Wildman–Crippen LogP) is 1.52. The average molecular weight is 401 g/mol. The first kappa shape index (κ1) is 17.7. The van der Waals surface area contributed by atoms with Crippen LogP contribution in [0.2, 0.25) is 0 Å². The molecule has 0 saturated carbocycles. The van der Waals surface area contributed by atoms with E-state index in [2.05, 4.69) is 35.5 Å². The van der Waals surface area contributed by atoms with Crippen LogP contribution in [-0.4, -0.2) is 40.4 Å². The van der Waals surface area contributed by atoms with E-state index >= 15 is 0 Å². The van der Waals surface area contributed by atoms with Crippen LogP contribution in [0.25, 0.3) is 0 Å². The molecule has 0 bridgehead atoms. The van der Waals surface area contributed by atoms with Crippen molar-refractivity contribution in [3.05, 3.63) is 53.0 Å². The Labute approximate surface area is 114 Å². The van der Waals surface area contributed by atoms with Gasteiger partial charge in [-0.25, -0.2) is 0 Å². The van der Waals surface area contributed by atoms with Crippen LogP contribution in [0.15, 0.2) is 24.8 Å². The first-order valence-electron chi connectivity index (χ1n) is 4.26. The van der Waals surface area contributed by atoms with Crippen molar-refractivity contribution in [3.63, 3.8) is 0 Å². The van der Waals surface area contributed by atoms with E-state index in [0.29, 0.717) is 0 Å². The summed E-state index contributed by atoms with van der Waals surface area (Å²) in [6, 6.07) is 0. The molecular formula is C11H20IrN4-4. The van der Waals surface area contributed by atoms with Crippen LogP contribution in [0.5, 0.6) is 0 Å². The number of rotatable bonds is 2. The van der Waals surface area contributed by atoms with Crippen LogP contribution >= 0.6 is 0 Å². The smallest absolute Gasteiger partial charge is 0.0364 e. The fourth-order valence-corrected chi connectivity index (χ4v) is 1.36. The van der Waals surface area contributed by atoms with Crippen LogP contribution in [0.3, 0.4) is 0 Å². The van der Waals surface area contributed by atoms with Gasteiger partial charge in [-0.2, -0.15) is 13.3 Å². The summed E-state index contributed by atoms with van der Waals surface area (Å²) in [4.78, 5) is 8.31. The molecule has 0 N–H and O–H groups in total. The van der Waals surface area contributed by atoms with Crippen molar-refractivity contribution in [2.24, 2.45) is 0 Å². The zero-order valence-electron chi connectivity index (χ0n) is 10.3. The molecule has 4 nitrogen and oxygen atoms in total. The molecule has 2 rings (SSSR count). The van der Waals surface area contributed by atoms with Crippen LogP contribution in [0, 0.1) is 28.2 Å². The predicted molar refractivity (Wildman–Crippen MR) is 63.8 cm³/mol. The van der Waals surface area contributed by atoms with Gasteiger partial charge in [0.1, 0.15) is 0 Å². The minimum absolute atomic E-state index is 0. The fraction of sp³-hybridized carbons (Fsp3) is 0.273. The maximum atomic E-state index is 2.12. The molecule has 0 spiro atoms. The van der Waals surface area contributed by atoms with E-state index in [-0.39, 0.29) is 35.0 Å². The molecule has 0 aromatic carbocycles. The molecule has 97 valence electrons. The summed E-state index contributed by atoms with van der Waals surface area (Å²) in [7, 11) is 4.04. The van der Waals surface area contributed by atoms with Gasteiger partial charge in [-0.15, -0.1) is 0 Å². The second-order valence-electron chi connectivity index (χ2n) is 3.33. The molecule has 5 heteroatoms. The molecule has 0 fully saturated rings. The number of hydrogen-bond acceptors (Lipinski definition) is 4. The molecule has 0 unspecified atom stereocenters. The Bertz CT molecular complexity index is 218. The third kappa shape index (κ3) is 4.45. The Morgan fingerprint density at radius 2 is 1.19 bits per heavy atom. The van der Waals surface area contributed by atoms with Crippen molar-refractivity contribution in [2.75, 3.05) is 20.8 Å². The van der Waals surface area contributed by atoms with Gasteiger partial charge in [0, 0.05) is 26.8 Å². The van der Waals surface area contributed by atoms with Crippen LogP contribution < -0.4 is 0 Å². The molecule has 0 aliphatic carbocycles. The molecule has 1 radical (unpaired) electrons. The Morgan fingerprint density at radius 1 is 0.812 bits per heavy atom. The minimum Gasteiger partial charge on any atom is -0.511 e. The Hall–Kier alpha value is -0.671. The zero-order valence-corrected chi connectivity index (χ0v) is 12.7. The molecule has 0 aromatic heterocycles. The van der Waals surface area contributed by atoms with E-state index in [1.54, 1.807) is 0 Å². The van der Waals surface area contributed by atoms with Crippen LogP contribution in [0.4, 0.5) is 0 Å². The van der Waals surface area contributed by atoms with E-state index in [4.69, 9.17) is 0 Å². The largest absolute Gasteiger partial charge is 0.511 e. The Morgan fingerprint density at radius 3 is 1.44 bits per heavy atom. The first-order valence-corrected chi connectivity index (χ1v) is 4.26. The summed E-state index contributed by atoms with van der Waals surface area (Å²) < 4.78 is 0. The van der Waals surface area contributed by atoms with Crippen molar-refractivity contribution < 1.29 is 20.1 Å². The van der Waals surface area contributed by atoms with Gasteiger partial charge < -0.3 is 34.5 Å². The normalized spacial score (nSPS) is 17.1. The van der Waals surface area contributed by atoms with E-state index < -0.39 is 0 Å². The molecule has 0 atom stereocenters. The van der Waals surface area contributed by atoms with E-state index in [1.165, 1.54) is 0 Å². The van der Waals surface area contributed by atoms with Gasteiger partial charge >= 0.3 is 0 Å². The van der Waals surface area contributed by atoms with Gasteiger partial charge in [0.15, 0.2) is 0 Å². The van der Waals surface area contributed by atoms with Crippen molar-refractivity contribution in [2.45, 2.75) is 0 Å². The molecule has 2 heterocycles. The molecule has 0 saturated heterocycles. The summed E-state index contributed by atoms with van der Waals surface area (Å²) in [6.07, 6.45) is 8.17. The second-order valence-corrected chi connectivity index (χ2v) is 3.33. The molecule has 0 aromatic rings. The van der Waals surface area contributed by atoms with E-state index in [1.807, 2.05) is 36.3 Å². The zero-order chi connectivity index (χ0) is 9.26. The minimum atomic E-state index is 0.